The van der Waals surface area contributed by atoms with E-state index >= 15 is 0 Å². The molecule has 1 N–H and O–H groups in total. The van der Waals surface area contributed by atoms with Gasteiger partial charge in [-0.25, -0.2) is 14.3 Å². The van der Waals surface area contributed by atoms with Crippen LogP contribution >= 0.6 is 0 Å². The Labute approximate surface area is 123 Å². The molecule has 2 heterocycles. The van der Waals surface area contributed by atoms with Gasteiger partial charge in [-0.15, -0.1) is 0 Å². The fourth-order valence-electron chi connectivity index (χ4n) is 2.31. The molecule has 6 heteroatoms. The van der Waals surface area contributed by atoms with Gasteiger partial charge in [0.05, 0.1) is 11.4 Å². The van der Waals surface area contributed by atoms with Gasteiger partial charge < -0.3 is 5.32 Å². The van der Waals surface area contributed by atoms with E-state index < -0.39 is 0 Å². The molecule has 0 radical (unpaired) electrons. The molecule has 6 nitrogen and oxygen atoms in total. The minimum atomic E-state index is 0.754. The lowest BCUT2D eigenvalue weighted by atomic mass is 10.2. The van der Waals surface area contributed by atoms with Crippen LogP contribution in [0.5, 0.6) is 0 Å². The Morgan fingerprint density at radius 1 is 1.19 bits per heavy atom. The van der Waals surface area contributed by atoms with Crippen LogP contribution in [-0.4, -0.2) is 31.1 Å². The van der Waals surface area contributed by atoms with E-state index in [1.165, 1.54) is 6.33 Å². The number of rotatable bonds is 5. The van der Waals surface area contributed by atoms with Gasteiger partial charge in [0, 0.05) is 12.1 Å². The lowest BCUT2D eigenvalue weighted by molar-refractivity contribution is 0.706. The second-order valence-corrected chi connectivity index (χ2v) is 4.76. The monoisotopic (exact) mass is 282 g/mol. The number of aromatic nitrogens is 5. The first-order chi connectivity index (χ1) is 10.3. The maximum atomic E-state index is 4.68. The van der Waals surface area contributed by atoms with Gasteiger partial charge in [-0.1, -0.05) is 25.1 Å². The third-order valence-electron chi connectivity index (χ3n) is 3.35. The molecule has 0 atom stereocenters. The third-order valence-corrected chi connectivity index (χ3v) is 3.35. The highest BCUT2D eigenvalue weighted by molar-refractivity contribution is 5.45. The average molecular weight is 282 g/mol. The molecule has 0 aliphatic rings. The Balaban J connectivity index is 2.16. The van der Waals surface area contributed by atoms with Crippen molar-refractivity contribution in [3.8, 4) is 11.5 Å². The molecule has 108 valence electrons. The number of hydrogen-bond donors (Lipinski definition) is 1. The Morgan fingerprint density at radius 3 is 2.67 bits per heavy atom. The van der Waals surface area contributed by atoms with Crippen LogP contribution in [0.1, 0.15) is 18.2 Å². The molecule has 2 aromatic heterocycles. The van der Waals surface area contributed by atoms with Crippen LogP contribution in [0, 0.1) is 6.92 Å². The molecule has 0 bridgehead atoms. The lowest BCUT2D eigenvalue weighted by Gasteiger charge is -2.09. The summed E-state index contributed by atoms with van der Waals surface area (Å²) in [6, 6.07) is 10.1. The van der Waals surface area contributed by atoms with E-state index in [1.807, 2.05) is 41.9 Å². The van der Waals surface area contributed by atoms with Gasteiger partial charge in [-0.05, 0) is 25.6 Å². The molecule has 0 unspecified atom stereocenters. The first-order valence-electron chi connectivity index (χ1n) is 7.01. The van der Waals surface area contributed by atoms with E-state index in [-0.39, 0.29) is 0 Å². The smallest absolute Gasteiger partial charge is 0.163 e. The van der Waals surface area contributed by atoms with Crippen molar-refractivity contribution < 1.29 is 0 Å². The summed E-state index contributed by atoms with van der Waals surface area (Å²) in [4.78, 5) is 4.05. The van der Waals surface area contributed by atoms with Crippen molar-refractivity contribution in [1.82, 2.24) is 29.9 Å². The van der Waals surface area contributed by atoms with Crippen molar-refractivity contribution in [1.29, 1.82) is 0 Å². The number of nitrogens with one attached hydrogen (secondary N) is 1. The Kier molecular flexibility index (Phi) is 3.79. The van der Waals surface area contributed by atoms with Gasteiger partial charge in [0.1, 0.15) is 12.7 Å². The summed E-state index contributed by atoms with van der Waals surface area (Å²) in [5.74, 6) is 0.928. The molecule has 0 fully saturated rings. The van der Waals surface area contributed by atoms with Gasteiger partial charge in [0.25, 0.3) is 0 Å². The summed E-state index contributed by atoms with van der Waals surface area (Å²) >= 11 is 0. The predicted molar refractivity (Wildman–Crippen MR) is 80.6 cm³/mol. The van der Waals surface area contributed by atoms with E-state index in [9.17, 15) is 0 Å². The molecule has 0 saturated heterocycles. The van der Waals surface area contributed by atoms with Crippen molar-refractivity contribution >= 4 is 0 Å². The van der Waals surface area contributed by atoms with E-state index in [0.29, 0.717) is 0 Å². The molecule has 3 aromatic rings. The Bertz CT molecular complexity index is 699. The predicted octanol–water partition coefficient (Wildman–Crippen LogP) is 1.87. The van der Waals surface area contributed by atoms with E-state index in [2.05, 4.69) is 27.4 Å². The lowest BCUT2D eigenvalue weighted by Crippen LogP contribution is -2.15. The van der Waals surface area contributed by atoms with Crippen LogP contribution in [0.3, 0.4) is 0 Å². The molecule has 0 saturated carbocycles. The van der Waals surface area contributed by atoms with Crippen molar-refractivity contribution in [3.05, 3.63) is 54.2 Å². The average Bonchev–Trinajstić information content (AvgIpc) is 3.13. The number of hydrogen-bond acceptors (Lipinski definition) is 4. The highest BCUT2D eigenvalue weighted by Gasteiger charge is 2.18. The minimum absolute atomic E-state index is 0.754. The molecule has 3 rings (SSSR count). The van der Waals surface area contributed by atoms with Crippen LogP contribution in [0.2, 0.25) is 0 Å². The molecule has 0 amide bonds. The summed E-state index contributed by atoms with van der Waals surface area (Å²) < 4.78 is 3.68. The topological polar surface area (TPSA) is 60.6 Å². The fraction of sp³-hybridized carbons (Fsp3) is 0.267. The molecule has 0 aliphatic carbocycles. The van der Waals surface area contributed by atoms with Gasteiger partial charge in [-0.2, -0.15) is 10.2 Å². The number of para-hydroxylation sites is 1. The zero-order valence-electron chi connectivity index (χ0n) is 12.2. The van der Waals surface area contributed by atoms with Crippen molar-refractivity contribution in [2.45, 2.75) is 20.4 Å². The molecule has 1 aromatic carbocycles. The maximum Gasteiger partial charge on any atom is 0.163 e. The molecule has 21 heavy (non-hydrogen) atoms. The number of aryl methyl sites for hydroxylation is 1. The Hall–Kier alpha value is -2.47. The summed E-state index contributed by atoms with van der Waals surface area (Å²) in [5, 5.41) is 12.3. The van der Waals surface area contributed by atoms with Crippen LogP contribution in [-0.2, 0) is 6.54 Å². The van der Waals surface area contributed by atoms with Gasteiger partial charge in [0.2, 0.25) is 0 Å². The second kappa shape index (κ2) is 5.88. The molecule has 0 spiro atoms. The van der Waals surface area contributed by atoms with Crippen LogP contribution < -0.4 is 5.32 Å². The van der Waals surface area contributed by atoms with E-state index in [4.69, 9.17) is 0 Å². The van der Waals surface area contributed by atoms with Gasteiger partial charge in [0.15, 0.2) is 5.82 Å². The van der Waals surface area contributed by atoms with Gasteiger partial charge >= 0.3 is 0 Å². The van der Waals surface area contributed by atoms with Crippen LogP contribution in [0.15, 0.2) is 43.0 Å². The van der Waals surface area contributed by atoms with Crippen molar-refractivity contribution in [3.63, 3.8) is 0 Å². The second-order valence-electron chi connectivity index (χ2n) is 4.76. The van der Waals surface area contributed by atoms with E-state index in [1.54, 1.807) is 11.0 Å². The number of benzene rings is 1. The SMILES string of the molecule is CCNCc1c(C)nn(-c2ccccc2)c1-n1cncn1. The summed E-state index contributed by atoms with van der Waals surface area (Å²) in [6.07, 6.45) is 3.24. The van der Waals surface area contributed by atoms with Crippen molar-refractivity contribution in [2.75, 3.05) is 6.54 Å². The van der Waals surface area contributed by atoms with Crippen LogP contribution in [0.25, 0.3) is 11.5 Å². The number of nitrogens with zero attached hydrogens (tertiary/aromatic N) is 5. The minimum Gasteiger partial charge on any atom is -0.313 e. The van der Waals surface area contributed by atoms with Crippen LogP contribution in [0.4, 0.5) is 0 Å². The largest absolute Gasteiger partial charge is 0.313 e. The summed E-state index contributed by atoms with van der Waals surface area (Å²) in [5.41, 5.74) is 3.13. The summed E-state index contributed by atoms with van der Waals surface area (Å²) in [7, 11) is 0. The standard InChI is InChI=1S/C15H18N6/c1-3-16-9-14-12(2)19-21(13-7-5-4-6-8-13)15(14)20-11-17-10-18-20/h4-8,10-11,16H,3,9H2,1-2H3. The molecular formula is C15H18N6. The Morgan fingerprint density at radius 2 is 2.00 bits per heavy atom. The van der Waals surface area contributed by atoms with E-state index in [0.717, 1.165) is 35.9 Å². The van der Waals surface area contributed by atoms with Gasteiger partial charge in [-0.3, -0.25) is 0 Å². The first-order valence-corrected chi connectivity index (χ1v) is 7.01. The van der Waals surface area contributed by atoms with Crippen molar-refractivity contribution in [2.24, 2.45) is 0 Å². The first kappa shape index (κ1) is 13.5. The fourth-order valence-corrected chi connectivity index (χ4v) is 2.31. The molecule has 0 aliphatic heterocycles. The normalized spacial score (nSPS) is 11.0. The molecular weight excluding hydrogens is 264 g/mol. The highest BCUT2D eigenvalue weighted by Crippen LogP contribution is 2.21. The summed E-state index contributed by atoms with van der Waals surface area (Å²) in [6.45, 7) is 5.77. The maximum absolute atomic E-state index is 4.68. The zero-order valence-corrected chi connectivity index (χ0v) is 12.2. The zero-order chi connectivity index (χ0) is 14.7. The quantitative estimate of drug-likeness (QED) is 0.776. The highest BCUT2D eigenvalue weighted by atomic mass is 15.4. The third kappa shape index (κ3) is 2.57.